The Bertz CT molecular complexity index is 389. The van der Waals surface area contributed by atoms with Crippen molar-refractivity contribution in [2.24, 2.45) is 0 Å². The van der Waals surface area contributed by atoms with Crippen LogP contribution in [-0.4, -0.2) is 4.98 Å². The zero-order chi connectivity index (χ0) is 7.68. The molecule has 0 spiro atoms. The minimum absolute atomic E-state index is 0. The van der Waals surface area contributed by atoms with Crippen LogP contribution in [0.1, 0.15) is 0 Å². The van der Waals surface area contributed by atoms with Gasteiger partial charge in [0.25, 0.3) is 0 Å². The van der Waals surface area contributed by atoms with Crippen LogP contribution in [0.25, 0.3) is 10.9 Å². The molecule has 0 saturated heterocycles. The molecular formula is C9H7BrClN. The number of benzene rings is 1. The molecule has 0 aliphatic heterocycles. The molecule has 2 aromatic rings. The number of fused-ring (bicyclic) bond motifs is 1. The smallest absolute Gasteiger partial charge is 0.0713 e. The number of hydrogen-bond acceptors (Lipinski definition) is 1. The number of hydrogen-bond donors (Lipinski definition) is 0. The van der Waals surface area contributed by atoms with Crippen LogP contribution in [0.4, 0.5) is 0 Å². The summed E-state index contributed by atoms with van der Waals surface area (Å²) in [5.41, 5.74) is 1.03. The van der Waals surface area contributed by atoms with Gasteiger partial charge in [-0.15, -0.1) is 12.4 Å². The van der Waals surface area contributed by atoms with Gasteiger partial charge in [-0.2, -0.15) is 0 Å². The average Bonchev–Trinajstić information content (AvgIpc) is 2.04. The molecule has 1 nitrogen and oxygen atoms in total. The third-order valence-corrected chi connectivity index (χ3v) is 2.06. The van der Waals surface area contributed by atoms with E-state index in [-0.39, 0.29) is 12.4 Å². The van der Waals surface area contributed by atoms with Crippen molar-refractivity contribution in [3.05, 3.63) is 41.0 Å². The first-order valence-corrected chi connectivity index (χ1v) is 4.16. The number of aromatic nitrogens is 1. The number of nitrogens with zero attached hydrogens (tertiary/aromatic N) is 1. The van der Waals surface area contributed by atoms with Crippen molar-refractivity contribution in [3.8, 4) is 0 Å². The summed E-state index contributed by atoms with van der Waals surface area (Å²) in [6.45, 7) is 0. The van der Waals surface area contributed by atoms with Crippen LogP contribution < -0.4 is 0 Å². The molecule has 0 N–H and O–H groups in total. The van der Waals surface area contributed by atoms with Crippen LogP contribution in [0.2, 0.25) is 0 Å². The van der Waals surface area contributed by atoms with Gasteiger partial charge in [0.05, 0.1) is 5.52 Å². The maximum atomic E-state index is 4.21. The summed E-state index contributed by atoms with van der Waals surface area (Å²) in [4.78, 5) is 4.21. The van der Waals surface area contributed by atoms with Gasteiger partial charge in [0.1, 0.15) is 0 Å². The maximum absolute atomic E-state index is 4.21. The van der Waals surface area contributed by atoms with Gasteiger partial charge in [-0.3, -0.25) is 4.98 Å². The molecule has 0 fully saturated rings. The molecule has 1 heterocycles. The number of halogens is 2. The lowest BCUT2D eigenvalue weighted by Crippen LogP contribution is -1.75. The van der Waals surface area contributed by atoms with Crippen molar-refractivity contribution in [2.45, 2.75) is 0 Å². The van der Waals surface area contributed by atoms with E-state index in [1.54, 1.807) is 6.20 Å². The molecule has 0 saturated carbocycles. The summed E-state index contributed by atoms with van der Waals surface area (Å²) in [6.07, 6.45) is 1.80. The van der Waals surface area contributed by atoms with E-state index in [2.05, 4.69) is 27.0 Å². The lowest BCUT2D eigenvalue weighted by molar-refractivity contribution is 1.41. The van der Waals surface area contributed by atoms with E-state index in [4.69, 9.17) is 0 Å². The molecule has 0 radical (unpaired) electrons. The second-order valence-electron chi connectivity index (χ2n) is 2.34. The highest BCUT2D eigenvalue weighted by Crippen LogP contribution is 2.16. The molecule has 62 valence electrons. The molecule has 3 heteroatoms. The van der Waals surface area contributed by atoms with Gasteiger partial charge in [0, 0.05) is 16.1 Å². The highest BCUT2D eigenvalue weighted by atomic mass is 79.9. The molecule has 1 aromatic carbocycles. The highest BCUT2D eigenvalue weighted by molar-refractivity contribution is 9.10. The molecule has 0 aliphatic rings. The van der Waals surface area contributed by atoms with E-state index < -0.39 is 0 Å². The molecule has 0 unspecified atom stereocenters. The van der Waals surface area contributed by atoms with Gasteiger partial charge in [-0.25, -0.2) is 0 Å². The standard InChI is InChI=1S/C9H6BrN.ClH/c10-8-4-3-7-2-1-5-11-9(7)6-8;/h1-6H;1H. The second kappa shape index (κ2) is 3.87. The molecule has 12 heavy (non-hydrogen) atoms. The number of rotatable bonds is 0. The molecule has 0 amide bonds. The summed E-state index contributed by atoms with van der Waals surface area (Å²) in [5.74, 6) is 0. The minimum Gasteiger partial charge on any atom is -0.256 e. The summed E-state index contributed by atoms with van der Waals surface area (Å²) in [6, 6.07) is 10.1. The van der Waals surface area contributed by atoms with E-state index in [1.807, 2.05) is 24.3 Å². The van der Waals surface area contributed by atoms with Crippen LogP contribution in [0.3, 0.4) is 0 Å². The van der Waals surface area contributed by atoms with Crippen molar-refractivity contribution in [2.75, 3.05) is 0 Å². The second-order valence-corrected chi connectivity index (χ2v) is 3.26. The van der Waals surface area contributed by atoms with E-state index in [9.17, 15) is 0 Å². The minimum atomic E-state index is 0. The van der Waals surface area contributed by atoms with Crippen LogP contribution in [0, 0.1) is 0 Å². The van der Waals surface area contributed by atoms with E-state index in [1.165, 1.54) is 5.39 Å². The first-order valence-electron chi connectivity index (χ1n) is 3.36. The van der Waals surface area contributed by atoms with Gasteiger partial charge >= 0.3 is 0 Å². The van der Waals surface area contributed by atoms with Gasteiger partial charge in [0.15, 0.2) is 0 Å². The molecule has 1 aromatic heterocycles. The fourth-order valence-corrected chi connectivity index (χ4v) is 1.39. The van der Waals surface area contributed by atoms with Crippen LogP contribution >= 0.6 is 28.3 Å². The van der Waals surface area contributed by atoms with Crippen LogP contribution in [0.15, 0.2) is 41.0 Å². The monoisotopic (exact) mass is 243 g/mol. The maximum Gasteiger partial charge on any atom is 0.0713 e. The zero-order valence-corrected chi connectivity index (χ0v) is 8.60. The van der Waals surface area contributed by atoms with Crippen LogP contribution in [0.5, 0.6) is 0 Å². The molecule has 0 atom stereocenters. The quantitative estimate of drug-likeness (QED) is 0.692. The summed E-state index contributed by atoms with van der Waals surface area (Å²) < 4.78 is 1.07. The SMILES string of the molecule is Brc1ccc2cccnc2c1.Cl. The predicted molar refractivity (Wildman–Crippen MR) is 56.7 cm³/mol. The Kier molecular flexibility index (Phi) is 3.06. The Morgan fingerprint density at radius 3 is 2.83 bits per heavy atom. The summed E-state index contributed by atoms with van der Waals surface area (Å²) >= 11 is 3.39. The van der Waals surface area contributed by atoms with Gasteiger partial charge in [0.2, 0.25) is 0 Å². The third kappa shape index (κ3) is 1.76. The van der Waals surface area contributed by atoms with Crippen molar-refractivity contribution in [1.82, 2.24) is 4.98 Å². The average molecular weight is 245 g/mol. The Morgan fingerprint density at radius 2 is 2.00 bits per heavy atom. The summed E-state index contributed by atoms with van der Waals surface area (Å²) in [5, 5.41) is 1.18. The normalized spacial score (nSPS) is 9.42. The third-order valence-electron chi connectivity index (χ3n) is 1.57. The zero-order valence-electron chi connectivity index (χ0n) is 6.20. The Hall–Kier alpha value is -0.600. The molecular weight excluding hydrogens is 237 g/mol. The van der Waals surface area contributed by atoms with Gasteiger partial charge in [-0.1, -0.05) is 28.1 Å². The Balaban J connectivity index is 0.000000720. The first-order chi connectivity index (χ1) is 5.36. The highest BCUT2D eigenvalue weighted by Gasteiger charge is 1.91. The van der Waals surface area contributed by atoms with Crippen molar-refractivity contribution < 1.29 is 0 Å². The Morgan fingerprint density at radius 1 is 1.17 bits per heavy atom. The summed E-state index contributed by atoms with van der Waals surface area (Å²) in [7, 11) is 0. The lowest BCUT2D eigenvalue weighted by Gasteiger charge is -1.94. The van der Waals surface area contributed by atoms with Gasteiger partial charge in [-0.05, 0) is 18.2 Å². The van der Waals surface area contributed by atoms with Crippen molar-refractivity contribution in [3.63, 3.8) is 0 Å². The van der Waals surface area contributed by atoms with E-state index in [0.717, 1.165) is 9.99 Å². The fraction of sp³-hybridized carbons (Fsp3) is 0. The molecule has 0 aliphatic carbocycles. The van der Waals surface area contributed by atoms with Gasteiger partial charge < -0.3 is 0 Å². The van der Waals surface area contributed by atoms with Crippen molar-refractivity contribution in [1.29, 1.82) is 0 Å². The van der Waals surface area contributed by atoms with Crippen LogP contribution in [-0.2, 0) is 0 Å². The number of pyridine rings is 1. The van der Waals surface area contributed by atoms with E-state index >= 15 is 0 Å². The molecule has 0 bridgehead atoms. The largest absolute Gasteiger partial charge is 0.256 e. The fourth-order valence-electron chi connectivity index (χ4n) is 1.04. The topological polar surface area (TPSA) is 12.9 Å². The van der Waals surface area contributed by atoms with E-state index in [0.29, 0.717) is 0 Å². The van der Waals surface area contributed by atoms with Crippen molar-refractivity contribution >= 4 is 39.2 Å². The Labute approximate surface area is 85.4 Å². The molecule has 2 rings (SSSR count). The predicted octanol–water partition coefficient (Wildman–Crippen LogP) is 3.42. The first kappa shape index (κ1) is 9.49. The lowest BCUT2D eigenvalue weighted by atomic mass is 10.2.